The van der Waals surface area contributed by atoms with E-state index in [1.807, 2.05) is 98.8 Å². The average molecular weight is 765 g/mol. The Morgan fingerprint density at radius 3 is 2.05 bits per heavy atom. The van der Waals surface area contributed by atoms with E-state index in [0.29, 0.717) is 26.2 Å². The Morgan fingerprint density at radius 2 is 1.49 bits per heavy atom. The van der Waals surface area contributed by atoms with E-state index < -0.39 is 35.4 Å². The number of nitrogens with zero attached hydrogens (tertiary/aromatic N) is 4. The number of aliphatic hydroxyl groups excluding tert-OH is 1. The molecule has 6 rings (SSSR count). The van der Waals surface area contributed by atoms with Crippen molar-refractivity contribution in [3.05, 3.63) is 113 Å². The minimum Gasteiger partial charge on any atom is -0.391 e. The molecule has 0 aliphatic carbocycles. The van der Waals surface area contributed by atoms with Crippen molar-refractivity contribution in [3.63, 3.8) is 0 Å². The van der Waals surface area contributed by atoms with E-state index in [1.165, 1.54) is 16.0 Å². The first-order chi connectivity index (χ1) is 26.4. The van der Waals surface area contributed by atoms with Gasteiger partial charge in [0.2, 0.25) is 23.6 Å². The number of carbonyl (C=O) groups is 4. The van der Waals surface area contributed by atoms with Crippen LogP contribution >= 0.6 is 11.3 Å². The topological polar surface area (TPSA) is 135 Å². The van der Waals surface area contributed by atoms with Crippen molar-refractivity contribution in [2.75, 3.05) is 32.7 Å². The Labute approximate surface area is 327 Å². The zero-order valence-electron chi connectivity index (χ0n) is 32.1. The van der Waals surface area contributed by atoms with Crippen molar-refractivity contribution in [1.29, 1.82) is 0 Å². The van der Waals surface area contributed by atoms with Gasteiger partial charge >= 0.3 is 0 Å². The van der Waals surface area contributed by atoms with Gasteiger partial charge in [-0.1, -0.05) is 106 Å². The van der Waals surface area contributed by atoms with Gasteiger partial charge in [-0.25, -0.2) is 4.98 Å². The van der Waals surface area contributed by atoms with Gasteiger partial charge in [0.1, 0.15) is 12.1 Å². The fourth-order valence-corrected chi connectivity index (χ4v) is 8.32. The van der Waals surface area contributed by atoms with E-state index >= 15 is 0 Å². The van der Waals surface area contributed by atoms with E-state index in [4.69, 9.17) is 0 Å². The van der Waals surface area contributed by atoms with Crippen molar-refractivity contribution in [3.8, 4) is 10.4 Å². The third-order valence-corrected chi connectivity index (χ3v) is 11.5. The average Bonchev–Trinajstić information content (AvgIpc) is 3.81. The SMILES string of the molecule is Cc1ncsc1-c1ccc(CNC(=O)[C@@H]2C[C@@H](O)CN2C(=O)[C@@H](NC(=O)CCC(=O)N2CCN(C(c3ccccc3)c3ccccc3)CC2)C(C)(C)C)cc1. The second-order valence-corrected chi connectivity index (χ2v) is 16.4. The number of amides is 4. The molecule has 3 aromatic carbocycles. The van der Waals surface area contributed by atoms with Crippen LogP contribution in [0.15, 0.2) is 90.4 Å². The van der Waals surface area contributed by atoms with Crippen LogP contribution in [0, 0.1) is 12.3 Å². The monoisotopic (exact) mass is 764 g/mol. The standard InChI is InChI=1S/C43H52N6O5S/c1-29-39(55-28-45-29)33-17-15-30(16-18-33)26-44-41(53)35-25-34(50)27-49(35)42(54)40(43(2,3)4)46-36(51)19-20-37(52)47-21-23-48(24-22-47)38(31-11-7-5-8-12-31)32-13-9-6-10-14-32/h5-18,28,34-35,38,40,50H,19-27H2,1-4H3,(H,44,53)(H,46,51)/t34-,35+,40-/m1/s1. The van der Waals surface area contributed by atoms with Crippen LogP contribution in [0.4, 0.5) is 0 Å². The Morgan fingerprint density at radius 1 is 0.873 bits per heavy atom. The number of aromatic nitrogens is 1. The lowest BCUT2D eigenvalue weighted by Crippen LogP contribution is -2.57. The van der Waals surface area contributed by atoms with Crippen molar-refractivity contribution < 1.29 is 24.3 Å². The largest absolute Gasteiger partial charge is 0.391 e. The summed E-state index contributed by atoms with van der Waals surface area (Å²) in [5.74, 6) is -1.31. The molecule has 1 aromatic heterocycles. The zero-order valence-corrected chi connectivity index (χ0v) is 32.9. The molecule has 3 heterocycles. The smallest absolute Gasteiger partial charge is 0.246 e. The summed E-state index contributed by atoms with van der Waals surface area (Å²) in [6.45, 7) is 10.3. The molecule has 55 heavy (non-hydrogen) atoms. The number of rotatable bonds is 12. The van der Waals surface area contributed by atoms with Crippen molar-refractivity contribution >= 4 is 35.0 Å². The molecule has 3 N–H and O–H groups in total. The first kappa shape index (κ1) is 39.8. The van der Waals surface area contributed by atoms with Crippen LogP contribution in [0.2, 0.25) is 0 Å². The molecule has 2 fully saturated rings. The quantitative estimate of drug-likeness (QED) is 0.186. The van der Waals surface area contributed by atoms with Crippen molar-refractivity contribution in [1.82, 2.24) is 30.3 Å². The van der Waals surface area contributed by atoms with Crippen molar-refractivity contribution in [2.24, 2.45) is 5.41 Å². The minimum absolute atomic E-state index is 0.0118. The number of β-amino-alcohol motifs (C(OH)–C–C–N with tert-alkyl or cyclic N) is 1. The first-order valence-corrected chi connectivity index (χ1v) is 19.9. The van der Waals surface area contributed by atoms with Crippen LogP contribution < -0.4 is 10.6 Å². The number of hydrogen-bond donors (Lipinski definition) is 3. The molecule has 2 saturated heterocycles. The van der Waals surface area contributed by atoms with E-state index in [-0.39, 0.29) is 50.2 Å². The van der Waals surface area contributed by atoms with Crippen LogP contribution in [0.1, 0.15) is 68.5 Å². The van der Waals surface area contributed by atoms with Crippen molar-refractivity contribution in [2.45, 2.75) is 77.7 Å². The lowest BCUT2D eigenvalue weighted by Gasteiger charge is -2.40. The fourth-order valence-electron chi connectivity index (χ4n) is 7.51. The maximum Gasteiger partial charge on any atom is 0.246 e. The maximum absolute atomic E-state index is 14.1. The third-order valence-electron chi connectivity index (χ3n) is 10.5. The number of carbonyl (C=O) groups excluding carboxylic acids is 4. The van der Waals surface area contributed by atoms with Crippen LogP contribution in [0.25, 0.3) is 10.4 Å². The molecule has 2 aliphatic rings. The summed E-state index contributed by atoms with van der Waals surface area (Å²) < 4.78 is 0. The molecule has 2 aliphatic heterocycles. The highest BCUT2D eigenvalue weighted by Crippen LogP contribution is 2.31. The highest BCUT2D eigenvalue weighted by atomic mass is 32.1. The van der Waals surface area contributed by atoms with Crippen LogP contribution in [0.5, 0.6) is 0 Å². The molecule has 0 spiro atoms. The summed E-state index contributed by atoms with van der Waals surface area (Å²) in [5.41, 5.74) is 6.44. The van der Waals surface area contributed by atoms with Gasteiger partial charge in [-0.2, -0.15) is 0 Å². The summed E-state index contributed by atoms with van der Waals surface area (Å²) in [6, 6.07) is 26.9. The first-order valence-electron chi connectivity index (χ1n) is 19.1. The summed E-state index contributed by atoms with van der Waals surface area (Å²) >= 11 is 1.58. The van der Waals surface area contributed by atoms with Gasteiger partial charge in [0, 0.05) is 58.5 Å². The molecule has 4 aromatic rings. The summed E-state index contributed by atoms with van der Waals surface area (Å²) in [7, 11) is 0. The van der Waals surface area contributed by atoms with Gasteiger partial charge in [-0.15, -0.1) is 11.3 Å². The Kier molecular flexibility index (Phi) is 12.8. The number of thiazole rings is 1. The highest BCUT2D eigenvalue weighted by molar-refractivity contribution is 7.13. The second-order valence-electron chi connectivity index (χ2n) is 15.6. The Hall–Kier alpha value is -4.91. The molecular formula is C43H52N6O5S. The maximum atomic E-state index is 14.1. The van der Waals surface area contributed by atoms with Gasteiger partial charge in [0.15, 0.2) is 0 Å². The summed E-state index contributed by atoms with van der Waals surface area (Å²) in [5, 5.41) is 16.4. The van der Waals surface area contributed by atoms with Crippen LogP contribution in [-0.4, -0.2) is 99.3 Å². The predicted molar refractivity (Wildman–Crippen MR) is 214 cm³/mol. The van der Waals surface area contributed by atoms with E-state index in [1.54, 1.807) is 11.3 Å². The molecule has 290 valence electrons. The zero-order chi connectivity index (χ0) is 39.1. The number of likely N-dealkylation sites (tertiary alicyclic amines) is 1. The highest BCUT2D eigenvalue weighted by Gasteiger charge is 2.44. The number of aliphatic hydroxyl groups is 1. The minimum atomic E-state index is -0.963. The fraction of sp³-hybridized carbons (Fsp3) is 0.419. The molecule has 0 radical (unpaired) electrons. The number of aryl methyl sites for hydroxylation is 1. The lowest BCUT2D eigenvalue weighted by molar-refractivity contribution is -0.144. The molecular weight excluding hydrogens is 713 g/mol. The number of piperazine rings is 1. The van der Waals surface area contributed by atoms with Crippen LogP contribution in [0.3, 0.4) is 0 Å². The molecule has 0 saturated carbocycles. The van der Waals surface area contributed by atoms with E-state index in [2.05, 4.69) is 44.8 Å². The molecule has 0 bridgehead atoms. The van der Waals surface area contributed by atoms with Gasteiger partial charge < -0.3 is 25.5 Å². The van der Waals surface area contributed by atoms with Gasteiger partial charge in [0.25, 0.3) is 0 Å². The molecule has 4 amide bonds. The molecule has 12 heteroatoms. The summed E-state index contributed by atoms with van der Waals surface area (Å²) in [4.78, 5) is 65.2. The van der Waals surface area contributed by atoms with E-state index in [9.17, 15) is 24.3 Å². The third kappa shape index (κ3) is 9.86. The second kappa shape index (κ2) is 17.7. The number of nitrogens with one attached hydrogen (secondary N) is 2. The van der Waals surface area contributed by atoms with Gasteiger partial charge in [-0.3, -0.25) is 24.1 Å². The molecule has 11 nitrogen and oxygen atoms in total. The Balaban J connectivity index is 1.01. The summed E-state index contributed by atoms with van der Waals surface area (Å²) in [6.07, 6.45) is -0.809. The molecule has 0 unspecified atom stereocenters. The van der Waals surface area contributed by atoms with Crippen LogP contribution in [-0.2, 0) is 25.7 Å². The normalized spacial score (nSPS) is 18.3. The lowest BCUT2D eigenvalue weighted by atomic mass is 9.85. The van der Waals surface area contributed by atoms with Gasteiger partial charge in [-0.05, 0) is 34.6 Å². The number of benzene rings is 3. The van der Waals surface area contributed by atoms with Gasteiger partial charge in [0.05, 0.1) is 28.2 Å². The Bertz CT molecular complexity index is 1880. The number of hydrogen-bond acceptors (Lipinski definition) is 8. The molecule has 3 atom stereocenters. The van der Waals surface area contributed by atoms with E-state index in [0.717, 1.165) is 21.7 Å². The predicted octanol–water partition coefficient (Wildman–Crippen LogP) is 4.94.